The van der Waals surface area contributed by atoms with Gasteiger partial charge in [-0.15, -0.1) is 0 Å². The van der Waals surface area contributed by atoms with Crippen molar-refractivity contribution in [2.45, 2.75) is 13.8 Å². The molecular weight excluding hydrogens is 162 g/mol. The number of carbonyl (C=O) groups is 1. The molecule has 68 valence electrons. The number of aliphatic imine (C=N–C) groups is 1. The average molecular weight is 173 g/mol. The Labute approximate surface area is 70.3 Å². The van der Waals surface area contributed by atoms with E-state index >= 15 is 0 Å². The molecule has 0 saturated heterocycles. The van der Waals surface area contributed by atoms with E-state index in [4.69, 9.17) is 10.1 Å². The minimum Gasteiger partial charge on any atom is -0.296 e. The SMILES string of the molecule is C=C(C)C(=O)OO.CCN=C=O. The second-order valence-electron chi connectivity index (χ2n) is 1.72. The van der Waals surface area contributed by atoms with E-state index in [1.807, 2.05) is 0 Å². The van der Waals surface area contributed by atoms with Crippen molar-refractivity contribution < 1.29 is 19.7 Å². The Hall–Kier alpha value is -1.45. The summed E-state index contributed by atoms with van der Waals surface area (Å²) in [6.45, 7) is 6.96. The van der Waals surface area contributed by atoms with Crippen molar-refractivity contribution in [1.29, 1.82) is 0 Å². The second-order valence-corrected chi connectivity index (χ2v) is 1.72. The van der Waals surface area contributed by atoms with Gasteiger partial charge in [-0.25, -0.2) is 14.6 Å². The van der Waals surface area contributed by atoms with Crippen LogP contribution in [0.4, 0.5) is 0 Å². The molecule has 0 aliphatic heterocycles. The lowest BCUT2D eigenvalue weighted by atomic mass is 10.4. The highest BCUT2D eigenvalue weighted by atomic mass is 17.1. The number of isocyanates is 1. The van der Waals surface area contributed by atoms with Crippen molar-refractivity contribution >= 4 is 12.0 Å². The van der Waals surface area contributed by atoms with E-state index in [9.17, 15) is 4.79 Å². The van der Waals surface area contributed by atoms with Gasteiger partial charge in [-0.2, -0.15) is 5.26 Å². The third-order valence-electron chi connectivity index (χ3n) is 0.654. The zero-order valence-electron chi connectivity index (χ0n) is 7.03. The van der Waals surface area contributed by atoms with Crippen molar-refractivity contribution in [3.63, 3.8) is 0 Å². The Kier molecular flexibility index (Phi) is 10.5. The molecule has 0 radical (unpaired) electrons. The van der Waals surface area contributed by atoms with Crippen molar-refractivity contribution in [3.8, 4) is 0 Å². The molecule has 0 spiro atoms. The Morgan fingerprint density at radius 3 is 2.25 bits per heavy atom. The van der Waals surface area contributed by atoms with Gasteiger partial charge in [0.25, 0.3) is 0 Å². The summed E-state index contributed by atoms with van der Waals surface area (Å²) in [6.07, 6.45) is 1.39. The third kappa shape index (κ3) is 11.4. The number of hydrogen-bond donors (Lipinski definition) is 1. The molecule has 5 heteroatoms. The molecule has 0 aromatic carbocycles. The molecule has 0 amide bonds. The van der Waals surface area contributed by atoms with Crippen molar-refractivity contribution in [3.05, 3.63) is 12.2 Å². The summed E-state index contributed by atoms with van der Waals surface area (Å²) in [4.78, 5) is 25.5. The molecule has 0 aliphatic carbocycles. The largest absolute Gasteiger partial charge is 0.367 e. The second kappa shape index (κ2) is 9.55. The lowest BCUT2D eigenvalue weighted by Crippen LogP contribution is -1.99. The fraction of sp³-hybridized carbons (Fsp3) is 0.429. The van der Waals surface area contributed by atoms with Gasteiger partial charge < -0.3 is 0 Å². The Bertz CT molecular complexity index is 194. The quantitative estimate of drug-likeness (QED) is 0.221. The predicted molar refractivity (Wildman–Crippen MR) is 42.2 cm³/mol. The first-order chi connectivity index (χ1) is 5.59. The summed E-state index contributed by atoms with van der Waals surface area (Å²) >= 11 is 0. The minimum absolute atomic E-state index is 0.183. The predicted octanol–water partition coefficient (Wildman–Crippen LogP) is 0.921. The lowest BCUT2D eigenvalue weighted by molar-refractivity contribution is -0.229. The van der Waals surface area contributed by atoms with Gasteiger partial charge >= 0.3 is 5.97 Å². The average Bonchev–Trinajstić information content (AvgIpc) is 2.05. The molecule has 0 saturated carbocycles. The van der Waals surface area contributed by atoms with E-state index in [0.29, 0.717) is 6.54 Å². The molecule has 1 N–H and O–H groups in total. The molecular formula is C7H11NO4. The fourth-order valence-electron chi connectivity index (χ4n) is 0.142. The van der Waals surface area contributed by atoms with Gasteiger partial charge in [0.1, 0.15) is 0 Å². The van der Waals surface area contributed by atoms with Crippen molar-refractivity contribution in [1.82, 2.24) is 0 Å². The highest BCUT2D eigenvalue weighted by Crippen LogP contribution is 1.86. The molecule has 0 aromatic rings. The van der Waals surface area contributed by atoms with Crippen LogP contribution in [0.2, 0.25) is 0 Å². The topological polar surface area (TPSA) is 76.0 Å². The fourth-order valence-corrected chi connectivity index (χ4v) is 0.142. The molecule has 0 bridgehead atoms. The van der Waals surface area contributed by atoms with Gasteiger partial charge in [0.15, 0.2) is 0 Å². The molecule has 0 heterocycles. The van der Waals surface area contributed by atoms with Crippen LogP contribution in [-0.4, -0.2) is 23.9 Å². The summed E-state index contributed by atoms with van der Waals surface area (Å²) in [5, 5.41) is 7.59. The van der Waals surface area contributed by atoms with Gasteiger partial charge in [0, 0.05) is 12.1 Å². The maximum Gasteiger partial charge on any atom is 0.367 e. The molecule has 0 aliphatic rings. The Balaban J connectivity index is 0. The van der Waals surface area contributed by atoms with Crippen LogP contribution in [0, 0.1) is 0 Å². The molecule has 0 aromatic heterocycles. The summed E-state index contributed by atoms with van der Waals surface area (Å²) in [5.74, 6) is -0.792. The van der Waals surface area contributed by atoms with Gasteiger partial charge in [-0.05, 0) is 13.8 Å². The standard InChI is InChI=1S/C4H6O3.C3H5NO/c1-3(2)4(5)7-6;1-2-4-3-5/h6H,1H2,2H3;2H2,1H3. The number of rotatable bonds is 2. The van der Waals surface area contributed by atoms with Crippen LogP contribution in [0.15, 0.2) is 17.1 Å². The van der Waals surface area contributed by atoms with Gasteiger partial charge in [-0.1, -0.05) is 6.58 Å². The van der Waals surface area contributed by atoms with Crippen LogP contribution in [-0.2, 0) is 14.5 Å². The highest BCUT2D eigenvalue weighted by Gasteiger charge is 1.98. The number of nitrogens with zero attached hydrogens (tertiary/aromatic N) is 1. The molecule has 12 heavy (non-hydrogen) atoms. The molecule has 0 atom stereocenters. The van der Waals surface area contributed by atoms with Gasteiger partial charge in [0.2, 0.25) is 6.08 Å². The smallest absolute Gasteiger partial charge is 0.296 e. The maximum absolute atomic E-state index is 9.94. The minimum atomic E-state index is -0.792. The van der Waals surface area contributed by atoms with Crippen LogP contribution >= 0.6 is 0 Å². The summed E-state index contributed by atoms with van der Waals surface area (Å²) in [6, 6.07) is 0. The zero-order chi connectivity index (χ0) is 9.98. The van der Waals surface area contributed by atoms with Gasteiger partial charge in [-0.3, -0.25) is 4.89 Å². The number of hydrogen-bond acceptors (Lipinski definition) is 5. The van der Waals surface area contributed by atoms with E-state index in [1.54, 1.807) is 6.92 Å². The maximum atomic E-state index is 9.94. The monoisotopic (exact) mass is 173 g/mol. The third-order valence-corrected chi connectivity index (χ3v) is 0.654. The van der Waals surface area contributed by atoms with E-state index in [-0.39, 0.29) is 5.57 Å². The van der Waals surface area contributed by atoms with E-state index in [1.165, 1.54) is 13.0 Å². The lowest BCUT2D eigenvalue weighted by Gasteiger charge is -1.88. The summed E-state index contributed by atoms with van der Waals surface area (Å²) in [7, 11) is 0. The summed E-state index contributed by atoms with van der Waals surface area (Å²) in [5.41, 5.74) is 0.183. The van der Waals surface area contributed by atoms with Crippen molar-refractivity contribution in [2.75, 3.05) is 6.54 Å². The highest BCUT2D eigenvalue weighted by molar-refractivity contribution is 5.86. The van der Waals surface area contributed by atoms with E-state index in [0.717, 1.165) is 0 Å². The van der Waals surface area contributed by atoms with Crippen LogP contribution in [0.5, 0.6) is 0 Å². The van der Waals surface area contributed by atoms with Crippen LogP contribution in [0.3, 0.4) is 0 Å². The molecule has 5 nitrogen and oxygen atoms in total. The Morgan fingerprint density at radius 1 is 1.75 bits per heavy atom. The number of carbonyl (C=O) groups excluding carboxylic acids is 2. The van der Waals surface area contributed by atoms with Crippen LogP contribution < -0.4 is 0 Å². The van der Waals surface area contributed by atoms with Crippen LogP contribution in [0.25, 0.3) is 0 Å². The molecule has 0 fully saturated rings. The normalized spacial score (nSPS) is 6.92. The summed E-state index contributed by atoms with van der Waals surface area (Å²) < 4.78 is 0. The molecule has 0 rings (SSSR count). The van der Waals surface area contributed by atoms with E-state index < -0.39 is 5.97 Å². The first-order valence-electron chi connectivity index (χ1n) is 3.15. The van der Waals surface area contributed by atoms with Crippen molar-refractivity contribution in [2.24, 2.45) is 4.99 Å². The van der Waals surface area contributed by atoms with E-state index in [2.05, 4.69) is 16.5 Å². The zero-order valence-corrected chi connectivity index (χ0v) is 7.03. The first-order valence-corrected chi connectivity index (χ1v) is 3.15. The van der Waals surface area contributed by atoms with Gasteiger partial charge in [0.05, 0.1) is 0 Å². The first kappa shape index (κ1) is 13.2. The Morgan fingerprint density at radius 2 is 2.25 bits per heavy atom. The molecule has 0 unspecified atom stereocenters. The van der Waals surface area contributed by atoms with Crippen LogP contribution in [0.1, 0.15) is 13.8 Å².